The van der Waals surface area contributed by atoms with Crippen molar-refractivity contribution in [3.8, 4) is 0 Å². The van der Waals surface area contributed by atoms with Crippen molar-refractivity contribution in [2.75, 3.05) is 0 Å². The van der Waals surface area contributed by atoms with E-state index in [-0.39, 0.29) is 13.5 Å². The summed E-state index contributed by atoms with van der Waals surface area (Å²) in [6, 6.07) is 0. The average molecular weight is 108 g/mol. The van der Waals surface area contributed by atoms with E-state index < -0.39 is 5.24 Å². The Kier molecular flexibility index (Phi) is 7.19. The predicted octanol–water partition coefficient (Wildman–Crippen LogP) is -0.390. The van der Waals surface area contributed by atoms with E-state index >= 15 is 0 Å². The summed E-state index contributed by atoms with van der Waals surface area (Å²) in [7, 11) is 0. The van der Waals surface area contributed by atoms with E-state index in [4.69, 9.17) is 4.79 Å². The van der Waals surface area contributed by atoms with Crippen LogP contribution in [-0.4, -0.2) is 5.24 Å². The summed E-state index contributed by atoms with van der Waals surface area (Å²) >= 11 is 3.76. The van der Waals surface area contributed by atoms with Crippen LogP contribution in [0.1, 0.15) is 0 Å². The van der Waals surface area contributed by atoms with Gasteiger partial charge in [-0.1, -0.05) is 0 Å². The number of hydrogen-bond acceptors (Lipinski definition) is 2. The van der Waals surface area contributed by atoms with Crippen molar-refractivity contribution in [3.05, 3.63) is 0 Å². The molecular weight excluding hydrogens is 106 g/mol. The summed E-state index contributed by atoms with van der Waals surface area (Å²) in [4.78, 5) is 9.04. The van der Waals surface area contributed by atoms with Crippen LogP contribution in [0.25, 0.3) is 0 Å². The van der Waals surface area contributed by atoms with Crippen LogP contribution in [-0.2, 0) is 26.1 Å². The Balaban J connectivity index is 0. The van der Waals surface area contributed by atoms with Gasteiger partial charge in [0.25, 0.3) is 0 Å². The lowest BCUT2D eigenvalue weighted by atomic mass is 11.5. The molecule has 0 bridgehead atoms. The number of rotatable bonds is 0. The molecule has 0 fully saturated rings. The SMILES string of the molecule is NC(=O)[S-].[S-2]. The van der Waals surface area contributed by atoms with Crippen LogP contribution < -0.4 is 5.73 Å². The third-order valence-corrected chi connectivity index (χ3v) is 0. The zero-order chi connectivity index (χ0) is 3.58. The number of carbonyl (C=O) groups excluding carboxylic acids is 1. The Morgan fingerprint density at radius 2 is 1.80 bits per heavy atom. The number of carbonyl (C=O) groups is 1. The highest BCUT2D eigenvalue weighted by atomic mass is 32.1. The molecule has 5 heavy (non-hydrogen) atoms. The van der Waals surface area contributed by atoms with Gasteiger partial charge in [0.2, 0.25) is 0 Å². The van der Waals surface area contributed by atoms with Crippen LogP contribution in [0.15, 0.2) is 0 Å². The van der Waals surface area contributed by atoms with E-state index in [1.807, 2.05) is 0 Å². The predicted molar refractivity (Wildman–Crippen MR) is 24.3 cm³/mol. The minimum Gasteiger partial charge on any atom is -2.00 e. The maximum absolute atomic E-state index is 9.04. The van der Waals surface area contributed by atoms with E-state index in [1.165, 1.54) is 0 Å². The second-order valence-electron chi connectivity index (χ2n) is 0.319. The second-order valence-corrected chi connectivity index (χ2v) is 0.721. The second kappa shape index (κ2) is 4.04. The van der Waals surface area contributed by atoms with Gasteiger partial charge < -0.3 is 36.7 Å². The van der Waals surface area contributed by atoms with Gasteiger partial charge >= 0.3 is 0 Å². The summed E-state index contributed by atoms with van der Waals surface area (Å²) in [5.41, 5.74) is 4.29. The van der Waals surface area contributed by atoms with Gasteiger partial charge in [-0.05, 0) is 0 Å². The van der Waals surface area contributed by atoms with E-state index in [0.29, 0.717) is 0 Å². The third-order valence-electron chi connectivity index (χ3n) is 0. The molecule has 2 N–H and O–H groups in total. The fourth-order valence-electron chi connectivity index (χ4n) is 0. The molecule has 0 atom stereocenters. The first-order valence-corrected chi connectivity index (χ1v) is 1.11. The van der Waals surface area contributed by atoms with E-state index in [1.54, 1.807) is 0 Å². The molecule has 32 valence electrons. The molecule has 1 amide bonds. The molecule has 0 rings (SSSR count). The maximum Gasteiger partial charge on any atom is 0.0954 e. The minimum atomic E-state index is -0.750. The molecule has 0 radical (unpaired) electrons. The lowest BCUT2D eigenvalue weighted by Crippen LogP contribution is -2.00. The molecule has 0 saturated carbocycles. The van der Waals surface area contributed by atoms with Crippen LogP contribution in [0.4, 0.5) is 4.79 Å². The Hall–Kier alpha value is 0.0400. The lowest BCUT2D eigenvalue weighted by Gasteiger charge is -2.00. The first kappa shape index (κ1) is 8.90. The Bertz CT molecular complexity index is 32.6. The summed E-state index contributed by atoms with van der Waals surface area (Å²) < 4.78 is 0. The van der Waals surface area contributed by atoms with E-state index in [2.05, 4.69) is 18.4 Å². The van der Waals surface area contributed by atoms with Gasteiger partial charge in [0, 0.05) is 0 Å². The van der Waals surface area contributed by atoms with Crippen molar-refractivity contribution in [1.29, 1.82) is 0 Å². The molecule has 0 aromatic rings. The molecule has 0 saturated heterocycles. The number of nitrogens with two attached hydrogens (primary N) is 1. The van der Waals surface area contributed by atoms with Crippen molar-refractivity contribution in [2.24, 2.45) is 5.73 Å². The van der Waals surface area contributed by atoms with Crippen LogP contribution >= 0.6 is 0 Å². The van der Waals surface area contributed by atoms with E-state index in [0.717, 1.165) is 0 Å². The minimum absolute atomic E-state index is 0. The maximum atomic E-state index is 9.04. The molecule has 0 aliphatic carbocycles. The van der Waals surface area contributed by atoms with Gasteiger partial charge in [-0.3, -0.25) is 0 Å². The molecule has 0 heterocycles. The normalized spacial score (nSPS) is 4.80. The van der Waals surface area contributed by atoms with Gasteiger partial charge in [0.1, 0.15) is 0 Å². The van der Waals surface area contributed by atoms with Crippen LogP contribution in [0, 0.1) is 0 Å². The topological polar surface area (TPSA) is 43.1 Å². The zero-order valence-corrected chi connectivity index (χ0v) is 3.94. The number of hydrogen-bond donors (Lipinski definition) is 1. The quantitative estimate of drug-likeness (QED) is 0.429. The Labute approximate surface area is 42.6 Å². The standard InChI is InChI=1S/CH3NOS.S/c2-1(3)4;/h(H3,2,3,4);/q;-2/p-1. The third kappa shape index (κ3) is 10500. The van der Waals surface area contributed by atoms with Crippen LogP contribution in [0.3, 0.4) is 0 Å². The highest BCUT2D eigenvalue weighted by Gasteiger charge is 1.41. The van der Waals surface area contributed by atoms with Crippen molar-refractivity contribution >= 4 is 31.4 Å². The highest BCUT2D eigenvalue weighted by molar-refractivity contribution is 7.76. The Morgan fingerprint density at radius 3 is 1.80 bits per heavy atom. The van der Waals surface area contributed by atoms with E-state index in [9.17, 15) is 0 Å². The fraction of sp³-hybridized carbons (Fsp3) is 0. The monoisotopic (exact) mass is 108 g/mol. The van der Waals surface area contributed by atoms with Crippen molar-refractivity contribution in [2.45, 2.75) is 0 Å². The first-order valence-electron chi connectivity index (χ1n) is 0.697. The smallest absolute Gasteiger partial charge is 0.0954 e. The van der Waals surface area contributed by atoms with Crippen molar-refractivity contribution in [1.82, 2.24) is 0 Å². The Morgan fingerprint density at radius 1 is 1.80 bits per heavy atom. The molecule has 4 heteroatoms. The van der Waals surface area contributed by atoms with Gasteiger partial charge in [0.15, 0.2) is 0 Å². The molecule has 0 aliphatic heterocycles. The molecule has 0 aliphatic rings. The summed E-state index contributed by atoms with van der Waals surface area (Å²) in [5, 5.41) is -0.750. The molecule has 0 aromatic heterocycles. The van der Waals surface area contributed by atoms with Crippen molar-refractivity contribution in [3.63, 3.8) is 0 Å². The zero-order valence-electron chi connectivity index (χ0n) is 2.30. The summed E-state index contributed by atoms with van der Waals surface area (Å²) in [5.74, 6) is 0. The molecule has 0 spiro atoms. The van der Waals surface area contributed by atoms with Gasteiger partial charge in [0.05, 0.1) is 5.24 Å². The summed E-state index contributed by atoms with van der Waals surface area (Å²) in [6.45, 7) is 0. The largest absolute Gasteiger partial charge is 2.00 e. The average Bonchev–Trinajstić information content (AvgIpc) is 0.811. The number of amides is 1. The highest BCUT2D eigenvalue weighted by Crippen LogP contribution is 1.40. The van der Waals surface area contributed by atoms with Gasteiger partial charge in [-0.25, -0.2) is 0 Å². The molecule has 0 aromatic carbocycles. The van der Waals surface area contributed by atoms with Crippen LogP contribution in [0.2, 0.25) is 0 Å². The fourth-order valence-corrected chi connectivity index (χ4v) is 0. The van der Waals surface area contributed by atoms with Crippen molar-refractivity contribution < 1.29 is 4.79 Å². The van der Waals surface area contributed by atoms with Crippen LogP contribution in [0.5, 0.6) is 0 Å². The molecule has 2 nitrogen and oxygen atoms in total. The van der Waals surface area contributed by atoms with Gasteiger partial charge in [-0.2, -0.15) is 0 Å². The number of primary amides is 1. The lowest BCUT2D eigenvalue weighted by molar-refractivity contribution is 0.267. The first-order chi connectivity index (χ1) is 1.73. The van der Waals surface area contributed by atoms with Gasteiger partial charge in [-0.15, -0.1) is 0 Å². The molecule has 0 unspecified atom stereocenters. The molecular formula is CH2NOS2-3. The summed E-state index contributed by atoms with van der Waals surface area (Å²) in [6.07, 6.45) is 0.